The van der Waals surface area contributed by atoms with E-state index < -0.39 is 0 Å². The molecule has 1 aliphatic carbocycles. The lowest BCUT2D eigenvalue weighted by atomic mass is 9.68. The number of carbonyl (C=O) groups is 1. The lowest BCUT2D eigenvalue weighted by Gasteiger charge is -2.44. The van der Waals surface area contributed by atoms with Crippen molar-refractivity contribution in [3.05, 3.63) is 47.5 Å². The van der Waals surface area contributed by atoms with Gasteiger partial charge in [0.1, 0.15) is 5.75 Å². The van der Waals surface area contributed by atoms with Gasteiger partial charge in [-0.2, -0.15) is 0 Å². The first-order chi connectivity index (χ1) is 12.1. The van der Waals surface area contributed by atoms with Crippen LogP contribution in [0, 0.1) is 5.41 Å². The maximum absolute atomic E-state index is 13.2. The van der Waals surface area contributed by atoms with Gasteiger partial charge in [-0.1, -0.05) is 18.6 Å². The van der Waals surface area contributed by atoms with Gasteiger partial charge in [-0.3, -0.25) is 4.79 Å². The number of aromatic nitrogens is 2. The molecule has 0 saturated heterocycles. The molecular weight excluding hydrogens is 318 g/mol. The van der Waals surface area contributed by atoms with E-state index in [4.69, 9.17) is 4.74 Å². The van der Waals surface area contributed by atoms with Crippen LogP contribution in [0.5, 0.6) is 5.75 Å². The number of phenols is 1. The highest BCUT2D eigenvalue weighted by molar-refractivity contribution is 5.84. The minimum atomic E-state index is -0.365. The molecule has 2 N–H and O–H groups in total. The Bertz CT molecular complexity index is 782. The molecule has 1 aromatic carbocycles. The molecule has 4 rings (SSSR count). The zero-order valence-corrected chi connectivity index (χ0v) is 14.4. The number of benzene rings is 1. The molecule has 2 aliphatic rings. The third kappa shape index (κ3) is 2.70. The number of fused-ring (bicyclic) bond motifs is 1. The third-order valence-electron chi connectivity index (χ3n) is 5.58. The van der Waals surface area contributed by atoms with E-state index in [1.807, 2.05) is 17.0 Å². The van der Waals surface area contributed by atoms with Gasteiger partial charge in [-0.15, -0.1) is 0 Å². The second kappa shape index (κ2) is 6.19. The molecule has 25 heavy (non-hydrogen) atoms. The number of ether oxygens (including phenoxy) is 1. The van der Waals surface area contributed by atoms with Crippen LogP contribution in [0.25, 0.3) is 0 Å². The Morgan fingerprint density at radius 1 is 1.48 bits per heavy atom. The molecule has 1 amide bonds. The van der Waals surface area contributed by atoms with E-state index in [0.717, 1.165) is 36.2 Å². The number of hydrogen-bond acceptors (Lipinski definition) is 4. The minimum Gasteiger partial charge on any atom is -0.508 e. The van der Waals surface area contributed by atoms with Gasteiger partial charge in [0.25, 0.3) is 0 Å². The molecule has 1 unspecified atom stereocenters. The number of rotatable bonds is 4. The number of H-pyrrole nitrogens is 1. The van der Waals surface area contributed by atoms with Gasteiger partial charge in [0.2, 0.25) is 5.91 Å². The standard InChI is InChI=1S/C19H23N3O3/c1-25-11-19(6-3-7-19)18(24)22-9-15(13-4-2-5-14(23)8-13)17-16(10-22)20-12-21-17/h2,4-5,8,12,15,23H,3,6-7,9-11H2,1H3,(H,20,21). The van der Waals surface area contributed by atoms with Gasteiger partial charge < -0.3 is 19.7 Å². The number of aromatic amines is 1. The molecule has 2 heterocycles. The second-order valence-electron chi connectivity index (χ2n) is 7.17. The van der Waals surface area contributed by atoms with Crippen molar-refractivity contribution in [2.24, 2.45) is 5.41 Å². The van der Waals surface area contributed by atoms with Crippen molar-refractivity contribution < 1.29 is 14.6 Å². The Labute approximate surface area is 146 Å². The van der Waals surface area contributed by atoms with Crippen LogP contribution in [-0.4, -0.2) is 46.1 Å². The highest BCUT2D eigenvalue weighted by atomic mass is 16.5. The molecule has 1 aliphatic heterocycles. The molecule has 1 saturated carbocycles. The molecule has 2 aromatic rings. The van der Waals surface area contributed by atoms with Crippen LogP contribution in [0.3, 0.4) is 0 Å². The Morgan fingerprint density at radius 2 is 2.32 bits per heavy atom. The van der Waals surface area contributed by atoms with Crippen LogP contribution >= 0.6 is 0 Å². The molecule has 1 fully saturated rings. The highest BCUT2D eigenvalue weighted by Gasteiger charge is 2.47. The number of phenolic OH excluding ortho intramolecular Hbond substituents is 1. The molecule has 6 heteroatoms. The van der Waals surface area contributed by atoms with E-state index in [2.05, 4.69) is 9.97 Å². The lowest BCUT2D eigenvalue weighted by Crippen LogP contribution is -2.52. The third-order valence-corrected chi connectivity index (χ3v) is 5.58. The summed E-state index contributed by atoms with van der Waals surface area (Å²) in [5.74, 6) is 0.365. The fourth-order valence-corrected chi connectivity index (χ4v) is 4.12. The van der Waals surface area contributed by atoms with Gasteiger partial charge in [-0.25, -0.2) is 4.98 Å². The van der Waals surface area contributed by atoms with Crippen LogP contribution < -0.4 is 0 Å². The summed E-state index contributed by atoms with van der Waals surface area (Å²) in [6.45, 7) is 1.61. The normalized spacial score (nSPS) is 21.5. The first-order valence-corrected chi connectivity index (χ1v) is 8.72. The predicted octanol–water partition coefficient (Wildman–Crippen LogP) is 2.41. The first-order valence-electron chi connectivity index (χ1n) is 8.72. The minimum absolute atomic E-state index is 0.0364. The molecule has 6 nitrogen and oxygen atoms in total. The van der Waals surface area contributed by atoms with Gasteiger partial charge in [0.05, 0.1) is 36.3 Å². The summed E-state index contributed by atoms with van der Waals surface area (Å²) >= 11 is 0. The summed E-state index contributed by atoms with van der Waals surface area (Å²) in [4.78, 5) is 22.8. The zero-order chi connectivity index (χ0) is 17.4. The Balaban J connectivity index is 1.65. The summed E-state index contributed by atoms with van der Waals surface area (Å²) in [7, 11) is 1.66. The topological polar surface area (TPSA) is 78.5 Å². The SMILES string of the molecule is COCC1(C(=O)N2Cc3[nH]cnc3C(c3cccc(O)c3)C2)CCC1. The van der Waals surface area contributed by atoms with E-state index in [1.54, 1.807) is 25.6 Å². The zero-order valence-electron chi connectivity index (χ0n) is 14.4. The molecular formula is C19H23N3O3. The van der Waals surface area contributed by atoms with E-state index in [0.29, 0.717) is 19.7 Å². The Kier molecular flexibility index (Phi) is 4.00. The highest BCUT2D eigenvalue weighted by Crippen LogP contribution is 2.44. The van der Waals surface area contributed by atoms with Crippen LogP contribution in [0.2, 0.25) is 0 Å². The Morgan fingerprint density at radius 3 is 3.00 bits per heavy atom. The van der Waals surface area contributed by atoms with Gasteiger partial charge >= 0.3 is 0 Å². The summed E-state index contributed by atoms with van der Waals surface area (Å²) in [6.07, 6.45) is 4.54. The maximum Gasteiger partial charge on any atom is 0.231 e. The molecule has 1 atom stereocenters. The smallest absolute Gasteiger partial charge is 0.231 e. The predicted molar refractivity (Wildman–Crippen MR) is 92.1 cm³/mol. The number of hydrogen-bond donors (Lipinski definition) is 2. The van der Waals surface area contributed by atoms with Crippen molar-refractivity contribution in [1.82, 2.24) is 14.9 Å². The molecule has 132 valence electrons. The maximum atomic E-state index is 13.2. The number of methoxy groups -OCH3 is 1. The van der Waals surface area contributed by atoms with Crippen LogP contribution in [0.15, 0.2) is 30.6 Å². The van der Waals surface area contributed by atoms with Crippen molar-refractivity contribution in [1.29, 1.82) is 0 Å². The monoisotopic (exact) mass is 341 g/mol. The van der Waals surface area contributed by atoms with E-state index >= 15 is 0 Å². The number of imidazole rings is 1. The summed E-state index contributed by atoms with van der Waals surface area (Å²) < 4.78 is 5.34. The number of nitrogens with zero attached hydrogens (tertiary/aromatic N) is 2. The van der Waals surface area contributed by atoms with E-state index in [-0.39, 0.29) is 23.0 Å². The van der Waals surface area contributed by atoms with Crippen molar-refractivity contribution in [3.63, 3.8) is 0 Å². The van der Waals surface area contributed by atoms with Crippen LogP contribution in [0.1, 0.15) is 42.1 Å². The molecule has 1 aromatic heterocycles. The van der Waals surface area contributed by atoms with Crippen molar-refractivity contribution in [2.45, 2.75) is 31.7 Å². The van der Waals surface area contributed by atoms with Gasteiger partial charge in [-0.05, 0) is 30.5 Å². The van der Waals surface area contributed by atoms with Gasteiger partial charge in [0.15, 0.2) is 0 Å². The lowest BCUT2D eigenvalue weighted by molar-refractivity contribution is -0.153. The average molecular weight is 341 g/mol. The average Bonchev–Trinajstić information content (AvgIpc) is 3.05. The number of nitrogens with one attached hydrogen (secondary N) is 1. The quantitative estimate of drug-likeness (QED) is 0.895. The van der Waals surface area contributed by atoms with E-state index in [1.165, 1.54) is 0 Å². The fraction of sp³-hybridized carbons (Fsp3) is 0.474. The van der Waals surface area contributed by atoms with Crippen molar-refractivity contribution in [3.8, 4) is 5.75 Å². The van der Waals surface area contributed by atoms with E-state index in [9.17, 15) is 9.90 Å². The molecule has 0 radical (unpaired) electrons. The Hall–Kier alpha value is -2.34. The molecule has 0 bridgehead atoms. The fourth-order valence-electron chi connectivity index (χ4n) is 4.12. The van der Waals surface area contributed by atoms with Gasteiger partial charge in [0, 0.05) is 19.6 Å². The summed E-state index contributed by atoms with van der Waals surface area (Å²) in [5, 5.41) is 9.84. The summed E-state index contributed by atoms with van der Waals surface area (Å²) in [6, 6.07) is 7.22. The largest absolute Gasteiger partial charge is 0.508 e. The number of amides is 1. The number of aromatic hydroxyl groups is 1. The second-order valence-corrected chi connectivity index (χ2v) is 7.17. The van der Waals surface area contributed by atoms with Crippen molar-refractivity contribution >= 4 is 5.91 Å². The van der Waals surface area contributed by atoms with Crippen molar-refractivity contribution in [2.75, 3.05) is 20.3 Å². The molecule has 0 spiro atoms. The van der Waals surface area contributed by atoms with Crippen LogP contribution in [-0.2, 0) is 16.1 Å². The van der Waals surface area contributed by atoms with Crippen LogP contribution in [0.4, 0.5) is 0 Å². The summed E-state index contributed by atoms with van der Waals surface area (Å²) in [5.41, 5.74) is 2.54. The number of carbonyl (C=O) groups excluding carboxylic acids is 1. The first kappa shape index (κ1) is 16.1.